The second kappa shape index (κ2) is 8.70. The van der Waals surface area contributed by atoms with Gasteiger partial charge in [-0.2, -0.15) is 0 Å². The number of thiophene rings is 1. The molecule has 6 rings (SSSR count). The highest BCUT2D eigenvalue weighted by Gasteiger charge is 2.26. The van der Waals surface area contributed by atoms with Gasteiger partial charge in [0.25, 0.3) is 5.56 Å². The van der Waals surface area contributed by atoms with Crippen molar-refractivity contribution in [2.75, 3.05) is 13.6 Å². The Bertz CT molecular complexity index is 1610. The van der Waals surface area contributed by atoms with Gasteiger partial charge >= 0.3 is 0 Å². The second-order valence-electron chi connectivity index (χ2n) is 8.33. The lowest BCUT2D eigenvalue weighted by Crippen LogP contribution is -2.27. The zero-order valence-electron chi connectivity index (χ0n) is 18.2. The van der Waals surface area contributed by atoms with Crippen molar-refractivity contribution in [2.45, 2.75) is 23.9 Å². The van der Waals surface area contributed by atoms with E-state index in [1.807, 2.05) is 40.8 Å². The van der Waals surface area contributed by atoms with Gasteiger partial charge in [0, 0.05) is 33.8 Å². The van der Waals surface area contributed by atoms with E-state index in [0.29, 0.717) is 27.3 Å². The van der Waals surface area contributed by atoms with Gasteiger partial charge in [0.05, 0.1) is 11.1 Å². The lowest BCUT2D eigenvalue weighted by Gasteiger charge is -2.21. The minimum Gasteiger partial charge on any atom is -0.301 e. The van der Waals surface area contributed by atoms with Gasteiger partial charge in [-0.15, -0.1) is 21.5 Å². The number of halogens is 2. The van der Waals surface area contributed by atoms with Gasteiger partial charge in [-0.05, 0) is 54.9 Å². The Morgan fingerprint density at radius 1 is 1.09 bits per heavy atom. The zero-order chi connectivity index (χ0) is 23.4. The predicted octanol–water partition coefficient (Wildman–Crippen LogP) is 5.68. The maximum absolute atomic E-state index is 13.9. The van der Waals surface area contributed by atoms with E-state index in [1.54, 1.807) is 39.8 Å². The molecule has 4 heterocycles. The molecule has 0 saturated carbocycles. The first-order valence-corrected chi connectivity index (χ1v) is 13.3. The minimum atomic E-state index is -0.0755. The highest BCUT2D eigenvalue weighted by molar-refractivity contribution is 7.98. The van der Waals surface area contributed by atoms with Crippen molar-refractivity contribution >= 4 is 62.3 Å². The van der Waals surface area contributed by atoms with E-state index >= 15 is 0 Å². The lowest BCUT2D eigenvalue weighted by molar-refractivity contribution is 0.318. The number of rotatable bonds is 4. The first-order valence-electron chi connectivity index (χ1n) is 10.8. The van der Waals surface area contributed by atoms with Crippen LogP contribution in [0.15, 0.2) is 58.5 Å². The molecule has 5 aromatic rings. The van der Waals surface area contributed by atoms with Crippen LogP contribution in [0, 0.1) is 0 Å². The number of likely N-dealkylation sites (N-methyl/N-ethyl adjacent to an activating group) is 1. The Hall–Kier alpha value is -2.36. The van der Waals surface area contributed by atoms with E-state index in [-0.39, 0.29) is 5.56 Å². The van der Waals surface area contributed by atoms with Crippen LogP contribution in [0.3, 0.4) is 0 Å². The van der Waals surface area contributed by atoms with Crippen LogP contribution in [0.5, 0.6) is 0 Å². The number of fused-ring (bicyclic) bond motifs is 5. The number of aromatic nitrogens is 4. The first kappa shape index (κ1) is 22.1. The smallest absolute Gasteiger partial charge is 0.268 e. The molecular formula is C24H19Cl2N5OS2. The van der Waals surface area contributed by atoms with Gasteiger partial charge in [0.1, 0.15) is 4.83 Å². The molecule has 1 aliphatic rings. The van der Waals surface area contributed by atoms with Gasteiger partial charge in [-0.1, -0.05) is 53.2 Å². The highest BCUT2D eigenvalue weighted by Crippen LogP contribution is 2.36. The van der Waals surface area contributed by atoms with E-state index in [9.17, 15) is 4.79 Å². The van der Waals surface area contributed by atoms with Crippen molar-refractivity contribution in [2.24, 2.45) is 0 Å². The monoisotopic (exact) mass is 527 g/mol. The van der Waals surface area contributed by atoms with Crippen LogP contribution in [0.25, 0.3) is 21.7 Å². The molecule has 0 fully saturated rings. The van der Waals surface area contributed by atoms with Crippen molar-refractivity contribution in [1.82, 2.24) is 24.1 Å². The van der Waals surface area contributed by atoms with Crippen LogP contribution < -0.4 is 5.56 Å². The molecule has 0 unspecified atom stereocenters. The zero-order valence-corrected chi connectivity index (χ0v) is 21.3. The molecule has 6 nitrogen and oxygen atoms in total. The predicted molar refractivity (Wildman–Crippen MR) is 140 cm³/mol. The van der Waals surface area contributed by atoms with Gasteiger partial charge in [-0.25, -0.2) is 8.97 Å². The fourth-order valence-electron chi connectivity index (χ4n) is 4.35. The maximum Gasteiger partial charge on any atom is 0.268 e. The number of hydrogen-bond donors (Lipinski definition) is 0. The van der Waals surface area contributed by atoms with Gasteiger partial charge in [0.2, 0.25) is 5.78 Å². The Morgan fingerprint density at radius 3 is 2.71 bits per heavy atom. The summed E-state index contributed by atoms with van der Waals surface area (Å²) in [5, 5.41) is 11.8. The number of thioether (sulfide) groups is 1. The Labute approximate surface area is 213 Å². The summed E-state index contributed by atoms with van der Waals surface area (Å²) in [7, 11) is 2.11. The fraction of sp³-hybridized carbons (Fsp3) is 0.208. The summed E-state index contributed by atoms with van der Waals surface area (Å²) in [5.41, 5.74) is 2.88. The van der Waals surface area contributed by atoms with E-state index in [1.165, 1.54) is 4.88 Å². The van der Waals surface area contributed by atoms with E-state index in [0.717, 1.165) is 46.0 Å². The second-order valence-corrected chi connectivity index (χ2v) is 11.2. The molecule has 0 spiro atoms. The third-order valence-electron chi connectivity index (χ3n) is 6.01. The molecule has 0 atom stereocenters. The topological polar surface area (TPSA) is 55.4 Å². The normalized spacial score (nSPS) is 14.2. The number of hydrogen-bond acceptors (Lipinski definition) is 6. The Morgan fingerprint density at radius 2 is 1.91 bits per heavy atom. The van der Waals surface area contributed by atoms with Crippen LogP contribution in [0.4, 0.5) is 0 Å². The third-order valence-corrected chi connectivity index (χ3v) is 8.70. The highest BCUT2D eigenvalue weighted by atomic mass is 35.5. The summed E-state index contributed by atoms with van der Waals surface area (Å²) in [4.78, 5) is 18.3. The number of nitrogens with zero attached hydrogens (tertiary/aromatic N) is 5. The summed E-state index contributed by atoms with van der Waals surface area (Å²) in [6, 6.07) is 15.1. The SMILES string of the molecule is CN1CCc2c(sc3c2c(=O)n(-c2cccc(Cl)c2)c2nnc(SCc4ccc(Cl)cc4)n32)C1. The maximum atomic E-state index is 13.9. The standard InChI is InChI=1S/C24H19Cl2N5OS2/c1-29-10-9-18-19(12-29)34-22-20(18)21(32)30(17-4-2-3-16(26)11-17)23-27-28-24(31(22)23)33-13-14-5-7-15(25)8-6-14/h2-8,11H,9-10,12-13H2,1H3. The fourth-order valence-corrected chi connectivity index (χ4v) is 7.03. The molecule has 0 amide bonds. The van der Waals surface area contributed by atoms with Crippen molar-refractivity contribution in [1.29, 1.82) is 0 Å². The van der Waals surface area contributed by atoms with Crippen LogP contribution in [-0.2, 0) is 18.7 Å². The van der Waals surface area contributed by atoms with Crippen LogP contribution >= 0.6 is 46.3 Å². The Kier molecular flexibility index (Phi) is 5.66. The minimum absolute atomic E-state index is 0.0755. The van der Waals surface area contributed by atoms with Crippen LogP contribution in [0.1, 0.15) is 16.0 Å². The number of benzene rings is 2. The molecule has 2 aromatic carbocycles. The van der Waals surface area contributed by atoms with E-state index < -0.39 is 0 Å². The van der Waals surface area contributed by atoms with Crippen LogP contribution in [-0.4, -0.2) is 37.7 Å². The van der Waals surface area contributed by atoms with Crippen molar-refractivity contribution in [3.05, 3.63) is 84.9 Å². The van der Waals surface area contributed by atoms with Crippen molar-refractivity contribution in [3.63, 3.8) is 0 Å². The molecule has 1 aliphatic heterocycles. The summed E-state index contributed by atoms with van der Waals surface area (Å²) >= 11 is 15.6. The Balaban J connectivity index is 1.59. The summed E-state index contributed by atoms with van der Waals surface area (Å²) in [6.45, 7) is 1.76. The molecule has 0 saturated heterocycles. The molecule has 0 aliphatic carbocycles. The van der Waals surface area contributed by atoms with E-state index in [2.05, 4.69) is 22.1 Å². The molecular weight excluding hydrogens is 509 g/mol. The molecule has 10 heteroatoms. The molecule has 34 heavy (non-hydrogen) atoms. The first-order chi connectivity index (χ1) is 16.5. The summed E-state index contributed by atoms with van der Waals surface area (Å²) in [6.07, 6.45) is 0.845. The van der Waals surface area contributed by atoms with Crippen molar-refractivity contribution in [3.8, 4) is 5.69 Å². The molecule has 0 radical (unpaired) electrons. The van der Waals surface area contributed by atoms with Gasteiger partial charge in [-0.3, -0.25) is 4.79 Å². The van der Waals surface area contributed by atoms with Gasteiger partial charge < -0.3 is 4.90 Å². The molecule has 3 aromatic heterocycles. The summed E-state index contributed by atoms with van der Waals surface area (Å²) in [5.74, 6) is 1.20. The largest absolute Gasteiger partial charge is 0.301 e. The third kappa shape index (κ3) is 3.74. The quantitative estimate of drug-likeness (QED) is 0.281. The molecule has 0 N–H and O–H groups in total. The average molecular weight is 528 g/mol. The molecule has 0 bridgehead atoms. The van der Waals surface area contributed by atoms with E-state index in [4.69, 9.17) is 23.2 Å². The summed E-state index contributed by atoms with van der Waals surface area (Å²) < 4.78 is 3.67. The lowest BCUT2D eigenvalue weighted by atomic mass is 10.1. The average Bonchev–Trinajstić information content (AvgIpc) is 3.40. The molecule has 172 valence electrons. The van der Waals surface area contributed by atoms with Gasteiger partial charge in [0.15, 0.2) is 5.16 Å². The van der Waals surface area contributed by atoms with Crippen LogP contribution in [0.2, 0.25) is 10.0 Å². The van der Waals surface area contributed by atoms with Crippen molar-refractivity contribution < 1.29 is 0 Å².